The number of alkyl halides is 3. The van der Waals surface area contributed by atoms with Gasteiger partial charge in [0.1, 0.15) is 6.54 Å². The number of aromatic nitrogens is 3. The molecule has 0 saturated carbocycles. The highest BCUT2D eigenvalue weighted by Gasteiger charge is 2.39. The van der Waals surface area contributed by atoms with E-state index in [2.05, 4.69) is 15.1 Å². The molecule has 1 unspecified atom stereocenters. The van der Waals surface area contributed by atoms with Gasteiger partial charge in [0.2, 0.25) is 15.9 Å². The largest absolute Gasteiger partial charge is 0.416 e. The lowest BCUT2D eigenvalue weighted by Crippen LogP contribution is -2.41. The zero-order valence-corrected chi connectivity index (χ0v) is 22.7. The molecular formula is C23H24Cl2F3N5O5S. The van der Waals surface area contributed by atoms with Crippen LogP contribution in [0.3, 0.4) is 0 Å². The van der Waals surface area contributed by atoms with Crippen molar-refractivity contribution < 1.29 is 31.5 Å². The van der Waals surface area contributed by atoms with Crippen molar-refractivity contribution in [2.75, 3.05) is 12.3 Å². The summed E-state index contributed by atoms with van der Waals surface area (Å²) in [6.07, 6.45) is -7.87. The van der Waals surface area contributed by atoms with Crippen LogP contribution in [0.25, 0.3) is 11.4 Å². The molecule has 10 nitrogen and oxygen atoms in total. The number of hydrogen-bond donors (Lipinski definition) is 3. The van der Waals surface area contributed by atoms with Gasteiger partial charge in [-0.25, -0.2) is 22.6 Å². The fraction of sp³-hybridized carbons (Fsp3) is 0.348. The van der Waals surface area contributed by atoms with Crippen LogP contribution >= 0.6 is 23.2 Å². The monoisotopic (exact) mass is 609 g/mol. The van der Waals surface area contributed by atoms with Crippen LogP contribution in [-0.4, -0.2) is 58.4 Å². The van der Waals surface area contributed by atoms with Gasteiger partial charge in [-0.1, -0.05) is 41.4 Å². The van der Waals surface area contributed by atoms with Gasteiger partial charge in [0.25, 0.3) is 0 Å². The van der Waals surface area contributed by atoms with Crippen molar-refractivity contribution in [2.24, 2.45) is 0 Å². The number of aliphatic hydroxyl groups is 1. The predicted octanol–water partition coefficient (Wildman–Crippen LogP) is 2.74. The Morgan fingerprint density at radius 2 is 1.77 bits per heavy atom. The van der Waals surface area contributed by atoms with Crippen LogP contribution in [0.15, 0.2) is 53.3 Å². The lowest BCUT2D eigenvalue weighted by molar-refractivity contribution is -0.207. The third-order valence-electron chi connectivity index (χ3n) is 5.54. The molecule has 3 N–H and O–H groups in total. The molecule has 0 aliphatic rings. The molecule has 0 bridgehead atoms. The molecule has 0 radical (unpaired) electrons. The number of carbonyl (C=O) groups excluding carboxylic acids is 1. The van der Waals surface area contributed by atoms with Crippen LogP contribution in [-0.2, 0) is 27.9 Å². The molecule has 3 rings (SSSR count). The molecular weight excluding hydrogens is 586 g/mol. The van der Waals surface area contributed by atoms with Crippen molar-refractivity contribution in [3.63, 3.8) is 0 Å². The number of sulfonamides is 1. The van der Waals surface area contributed by atoms with Crippen LogP contribution in [0.4, 0.5) is 13.2 Å². The maximum Gasteiger partial charge on any atom is 0.416 e. The van der Waals surface area contributed by atoms with Crippen molar-refractivity contribution in [3.05, 3.63) is 74.6 Å². The summed E-state index contributed by atoms with van der Waals surface area (Å²) in [5.41, 5.74) is -0.463. The normalized spacial score (nSPS) is 13.7. The number of hydrogen-bond acceptors (Lipinski definition) is 6. The molecule has 16 heteroatoms. The lowest BCUT2D eigenvalue weighted by atomic mass is 10.1. The van der Waals surface area contributed by atoms with E-state index in [0.29, 0.717) is 19.8 Å². The van der Waals surface area contributed by atoms with Gasteiger partial charge in [-0.2, -0.15) is 13.2 Å². The molecule has 1 aromatic heterocycles. The number of rotatable bonds is 11. The molecule has 212 valence electrons. The summed E-state index contributed by atoms with van der Waals surface area (Å²) in [6.45, 7) is -0.686. The van der Waals surface area contributed by atoms with E-state index >= 15 is 0 Å². The molecule has 2 atom stereocenters. The number of nitrogens with zero attached hydrogens (tertiary/aromatic N) is 3. The molecule has 3 aromatic rings. The van der Waals surface area contributed by atoms with Gasteiger partial charge in [0.15, 0.2) is 11.9 Å². The average Bonchev–Trinajstić information content (AvgIpc) is 3.16. The highest BCUT2D eigenvalue weighted by molar-refractivity contribution is 7.89. The summed E-state index contributed by atoms with van der Waals surface area (Å²) in [4.78, 5) is 25.7. The fourth-order valence-electron chi connectivity index (χ4n) is 3.48. The molecule has 0 saturated heterocycles. The predicted molar refractivity (Wildman–Crippen MR) is 139 cm³/mol. The first-order chi connectivity index (χ1) is 18.2. The molecule has 0 spiro atoms. The van der Waals surface area contributed by atoms with E-state index in [9.17, 15) is 36.3 Å². The Morgan fingerprint density at radius 1 is 1.13 bits per heavy atom. The Kier molecular flexibility index (Phi) is 9.83. The van der Waals surface area contributed by atoms with Gasteiger partial charge in [0, 0.05) is 22.2 Å². The quantitative estimate of drug-likeness (QED) is 0.306. The molecule has 0 fully saturated rings. The van der Waals surface area contributed by atoms with Crippen molar-refractivity contribution >= 4 is 39.1 Å². The van der Waals surface area contributed by atoms with Crippen LogP contribution in [0, 0.1) is 0 Å². The minimum atomic E-state index is -5.00. The summed E-state index contributed by atoms with van der Waals surface area (Å²) >= 11 is 12.1. The van der Waals surface area contributed by atoms with Crippen molar-refractivity contribution in [3.8, 4) is 11.4 Å². The highest BCUT2D eigenvalue weighted by Crippen LogP contribution is 2.25. The lowest BCUT2D eigenvalue weighted by Gasteiger charge is -2.20. The smallest absolute Gasteiger partial charge is 0.382 e. The van der Waals surface area contributed by atoms with Crippen molar-refractivity contribution in [1.82, 2.24) is 24.4 Å². The van der Waals surface area contributed by atoms with Crippen LogP contribution < -0.4 is 15.7 Å². The SMILES string of the molecule is CCS(=O)(=O)NC(CNC(=O)Cn1nc(-c2ccc(Cl)cc2)n(C[C@H](O)C(F)(F)F)c1=O)c1ccccc1Cl. The Bertz CT molecular complexity index is 1480. The van der Waals surface area contributed by atoms with Crippen molar-refractivity contribution in [1.29, 1.82) is 0 Å². The third-order valence-corrected chi connectivity index (χ3v) is 7.54. The number of carbonyl (C=O) groups is 1. The van der Waals surface area contributed by atoms with E-state index in [1.54, 1.807) is 24.3 Å². The number of aliphatic hydroxyl groups excluding tert-OH is 1. The Balaban J connectivity index is 1.86. The number of nitrogens with one attached hydrogen (secondary N) is 2. The minimum Gasteiger partial charge on any atom is -0.382 e. The Labute approximate surface area is 231 Å². The number of halogens is 5. The first-order valence-corrected chi connectivity index (χ1v) is 13.8. The van der Waals surface area contributed by atoms with Crippen LogP contribution in [0.5, 0.6) is 0 Å². The summed E-state index contributed by atoms with van der Waals surface area (Å²) in [5, 5.41) is 16.6. The maximum absolute atomic E-state index is 13.0. The van der Waals surface area contributed by atoms with E-state index < -0.39 is 53.0 Å². The second-order valence-electron chi connectivity index (χ2n) is 8.34. The van der Waals surface area contributed by atoms with Gasteiger partial charge >= 0.3 is 11.9 Å². The molecule has 2 aromatic carbocycles. The molecule has 0 aliphatic heterocycles. The molecule has 1 heterocycles. The Morgan fingerprint density at radius 3 is 2.36 bits per heavy atom. The minimum absolute atomic E-state index is 0.220. The Hall–Kier alpha value is -2.91. The van der Waals surface area contributed by atoms with E-state index in [4.69, 9.17) is 23.2 Å². The van der Waals surface area contributed by atoms with E-state index in [1.807, 2.05) is 0 Å². The van der Waals surface area contributed by atoms with E-state index in [-0.39, 0.29) is 28.7 Å². The summed E-state index contributed by atoms with van der Waals surface area (Å²) in [7, 11) is -3.71. The standard InChI is InChI=1S/C23H24Cl2F3N5O5S/c1-2-39(37,38)31-18(16-5-3-4-6-17(16)25)11-29-20(35)13-33-22(36)32(12-19(34)23(26,27)28)21(30-33)14-7-9-15(24)10-8-14/h3-10,18-19,31,34H,2,11-13H2,1H3,(H,29,35)/t18?,19-/m0/s1. The molecule has 0 aliphatic carbocycles. The van der Waals surface area contributed by atoms with Gasteiger partial charge in [-0.15, -0.1) is 5.10 Å². The van der Waals surface area contributed by atoms with Crippen LogP contribution in [0.1, 0.15) is 18.5 Å². The van der Waals surface area contributed by atoms with E-state index in [0.717, 1.165) is 0 Å². The topological polar surface area (TPSA) is 135 Å². The van der Waals surface area contributed by atoms with Gasteiger partial charge in [-0.3, -0.25) is 9.36 Å². The van der Waals surface area contributed by atoms with Crippen LogP contribution in [0.2, 0.25) is 10.0 Å². The number of benzene rings is 2. The first kappa shape index (κ1) is 30.6. The maximum atomic E-state index is 13.0. The van der Waals surface area contributed by atoms with Gasteiger partial charge in [-0.05, 0) is 42.8 Å². The van der Waals surface area contributed by atoms with Gasteiger partial charge in [0.05, 0.1) is 18.3 Å². The summed E-state index contributed by atoms with van der Waals surface area (Å²) < 4.78 is 67.2. The zero-order valence-electron chi connectivity index (χ0n) is 20.3. The summed E-state index contributed by atoms with van der Waals surface area (Å²) in [5.74, 6) is -1.24. The third kappa shape index (κ3) is 8.05. The van der Waals surface area contributed by atoms with Crippen molar-refractivity contribution in [2.45, 2.75) is 38.3 Å². The summed E-state index contributed by atoms with van der Waals surface area (Å²) in [6, 6.07) is 11.2. The second kappa shape index (κ2) is 12.5. The molecule has 1 amide bonds. The first-order valence-electron chi connectivity index (χ1n) is 11.4. The molecule has 39 heavy (non-hydrogen) atoms. The van der Waals surface area contributed by atoms with E-state index in [1.165, 1.54) is 31.2 Å². The fourth-order valence-corrected chi connectivity index (χ4v) is 4.68. The highest BCUT2D eigenvalue weighted by atomic mass is 35.5. The second-order valence-corrected chi connectivity index (χ2v) is 11.2. The zero-order chi connectivity index (χ0) is 29.0. The van der Waals surface area contributed by atoms with Gasteiger partial charge < -0.3 is 10.4 Å². The number of amides is 1. The average molecular weight is 610 g/mol.